The third kappa shape index (κ3) is 5.38. The number of hydrogen-bond acceptors (Lipinski definition) is 6. The first-order valence-corrected chi connectivity index (χ1v) is 13.2. The lowest BCUT2D eigenvalue weighted by atomic mass is 9.94. The Morgan fingerprint density at radius 2 is 1.85 bits per heavy atom. The van der Waals surface area contributed by atoms with E-state index < -0.39 is 12.3 Å². The monoisotopic (exact) mass is 549 g/mol. The SMILES string of the molecule is O=C(O)c1nccc2cc(N3CCC(/C=C/c4c(-c5ccccc5OC(F)(F)F)noc4C4CC4)CC3)ccc12. The van der Waals surface area contributed by atoms with Gasteiger partial charge in [0.25, 0.3) is 0 Å². The highest BCUT2D eigenvalue weighted by molar-refractivity contribution is 6.02. The first kappa shape index (κ1) is 25.9. The largest absolute Gasteiger partial charge is 0.573 e. The molecule has 4 aromatic rings. The molecule has 40 heavy (non-hydrogen) atoms. The Bertz CT molecular complexity index is 1580. The fourth-order valence-electron chi connectivity index (χ4n) is 5.30. The Morgan fingerprint density at radius 1 is 1.07 bits per heavy atom. The highest BCUT2D eigenvalue weighted by Gasteiger charge is 2.35. The number of rotatable bonds is 7. The number of carboxylic acid groups (broad SMARTS) is 1. The number of carboxylic acids is 1. The number of anilines is 1. The number of ether oxygens (including phenoxy) is 1. The molecule has 206 valence electrons. The Morgan fingerprint density at radius 3 is 2.58 bits per heavy atom. The van der Waals surface area contributed by atoms with Crippen molar-refractivity contribution in [2.45, 2.75) is 38.0 Å². The number of para-hydroxylation sites is 1. The molecule has 2 aliphatic rings. The third-order valence-corrected chi connectivity index (χ3v) is 7.46. The second kappa shape index (κ2) is 10.3. The van der Waals surface area contributed by atoms with E-state index in [4.69, 9.17) is 4.52 Å². The number of nitrogens with zero attached hydrogens (tertiary/aromatic N) is 3. The summed E-state index contributed by atoms with van der Waals surface area (Å²) >= 11 is 0. The van der Waals surface area contributed by atoms with E-state index in [1.807, 2.05) is 24.3 Å². The number of pyridine rings is 1. The van der Waals surface area contributed by atoms with Crippen LogP contribution in [0, 0.1) is 5.92 Å². The average molecular weight is 550 g/mol. The van der Waals surface area contributed by atoms with E-state index in [0.717, 1.165) is 49.8 Å². The van der Waals surface area contributed by atoms with Crippen LogP contribution in [0.3, 0.4) is 0 Å². The van der Waals surface area contributed by atoms with Gasteiger partial charge in [-0.3, -0.25) is 0 Å². The van der Waals surface area contributed by atoms with E-state index in [1.54, 1.807) is 18.2 Å². The first-order chi connectivity index (χ1) is 19.3. The van der Waals surface area contributed by atoms with Gasteiger partial charge in [-0.05, 0) is 73.4 Å². The summed E-state index contributed by atoms with van der Waals surface area (Å²) in [5, 5.41) is 15.0. The van der Waals surface area contributed by atoms with E-state index >= 15 is 0 Å². The number of halogens is 3. The molecule has 2 fully saturated rings. The fourth-order valence-corrected chi connectivity index (χ4v) is 5.30. The second-order valence-electron chi connectivity index (χ2n) is 10.2. The lowest BCUT2D eigenvalue weighted by Crippen LogP contribution is -2.33. The molecule has 10 heteroatoms. The molecule has 1 saturated carbocycles. The van der Waals surface area contributed by atoms with Gasteiger partial charge in [0.05, 0.1) is 0 Å². The fraction of sp³-hybridized carbons (Fsp3) is 0.300. The summed E-state index contributed by atoms with van der Waals surface area (Å²) in [5.74, 6) is -0.158. The molecule has 0 radical (unpaired) electrons. The third-order valence-electron chi connectivity index (χ3n) is 7.46. The van der Waals surface area contributed by atoms with Crippen molar-refractivity contribution in [1.29, 1.82) is 0 Å². The number of carbonyl (C=O) groups is 1. The van der Waals surface area contributed by atoms with E-state index in [-0.39, 0.29) is 28.8 Å². The Balaban J connectivity index is 1.20. The van der Waals surface area contributed by atoms with Gasteiger partial charge >= 0.3 is 12.3 Å². The molecule has 2 aromatic carbocycles. The van der Waals surface area contributed by atoms with Crippen LogP contribution in [-0.4, -0.2) is 40.7 Å². The zero-order chi connectivity index (χ0) is 27.9. The van der Waals surface area contributed by atoms with Gasteiger partial charge in [0, 0.05) is 47.4 Å². The van der Waals surface area contributed by atoms with Gasteiger partial charge in [0.1, 0.15) is 17.2 Å². The maximum atomic E-state index is 13.0. The minimum absolute atomic E-state index is 0.0409. The topological polar surface area (TPSA) is 88.7 Å². The maximum absolute atomic E-state index is 13.0. The Hall–Kier alpha value is -4.34. The Labute approximate surface area is 227 Å². The van der Waals surface area contributed by atoms with Crippen LogP contribution in [0.15, 0.2) is 65.3 Å². The van der Waals surface area contributed by atoms with Crippen molar-refractivity contribution in [3.63, 3.8) is 0 Å². The average Bonchev–Trinajstić information content (AvgIpc) is 3.70. The summed E-state index contributed by atoms with van der Waals surface area (Å²) in [6.45, 7) is 1.62. The van der Waals surface area contributed by atoms with Crippen LogP contribution in [0.25, 0.3) is 28.1 Å². The maximum Gasteiger partial charge on any atom is 0.573 e. The van der Waals surface area contributed by atoms with Crippen molar-refractivity contribution < 1.29 is 32.3 Å². The molecule has 1 aliphatic heterocycles. The minimum Gasteiger partial charge on any atom is -0.476 e. The van der Waals surface area contributed by atoms with Crippen LogP contribution < -0.4 is 9.64 Å². The van der Waals surface area contributed by atoms with Crippen LogP contribution in [-0.2, 0) is 0 Å². The molecule has 3 heterocycles. The van der Waals surface area contributed by atoms with Gasteiger partial charge in [-0.1, -0.05) is 29.4 Å². The molecule has 0 amide bonds. The van der Waals surface area contributed by atoms with Gasteiger partial charge in [0.15, 0.2) is 5.69 Å². The van der Waals surface area contributed by atoms with Crippen molar-refractivity contribution in [2.24, 2.45) is 5.92 Å². The zero-order valence-corrected chi connectivity index (χ0v) is 21.4. The van der Waals surface area contributed by atoms with Crippen molar-refractivity contribution in [1.82, 2.24) is 10.1 Å². The Kier molecular flexibility index (Phi) is 6.69. The molecule has 1 aliphatic carbocycles. The van der Waals surface area contributed by atoms with Crippen LogP contribution in [0.5, 0.6) is 5.75 Å². The zero-order valence-electron chi connectivity index (χ0n) is 21.4. The normalized spacial score (nSPS) is 16.6. The summed E-state index contributed by atoms with van der Waals surface area (Å²) in [7, 11) is 0. The van der Waals surface area contributed by atoms with Gasteiger partial charge in [0.2, 0.25) is 0 Å². The summed E-state index contributed by atoms with van der Waals surface area (Å²) in [4.78, 5) is 17.7. The standard InChI is InChI=1S/C30H26F3N3O4/c31-30(32,33)39-25-4-2-1-3-23(25)26-24(28(40-35-26)19-6-7-19)9-5-18-12-15-36(16-13-18)21-8-10-22-20(17-21)11-14-34-27(22)29(37)38/h1-5,8-11,14,17-19H,6-7,12-13,15-16H2,(H,37,38)/b9-5+. The van der Waals surface area contributed by atoms with Crippen LogP contribution in [0.1, 0.15) is 53.4 Å². The number of benzene rings is 2. The smallest absolute Gasteiger partial charge is 0.476 e. The van der Waals surface area contributed by atoms with Gasteiger partial charge < -0.3 is 19.3 Å². The first-order valence-electron chi connectivity index (χ1n) is 13.2. The second-order valence-corrected chi connectivity index (χ2v) is 10.2. The molecular weight excluding hydrogens is 523 g/mol. The van der Waals surface area contributed by atoms with Gasteiger partial charge in [-0.25, -0.2) is 9.78 Å². The van der Waals surface area contributed by atoms with E-state index in [0.29, 0.717) is 22.4 Å². The van der Waals surface area contributed by atoms with Gasteiger partial charge in [-0.15, -0.1) is 13.2 Å². The van der Waals surface area contributed by atoms with Gasteiger partial charge in [-0.2, -0.15) is 0 Å². The van der Waals surface area contributed by atoms with Crippen LogP contribution in [0.4, 0.5) is 18.9 Å². The number of aromatic carboxylic acids is 1. The molecule has 1 N–H and O–H groups in total. The number of allylic oxidation sites excluding steroid dienone is 1. The highest BCUT2D eigenvalue weighted by Crippen LogP contribution is 2.46. The summed E-state index contributed by atoms with van der Waals surface area (Å²) in [6.07, 6.45) is 4.45. The molecule has 6 rings (SSSR count). The number of aromatic nitrogens is 2. The van der Waals surface area contributed by atoms with E-state index in [2.05, 4.69) is 25.9 Å². The van der Waals surface area contributed by atoms with Crippen molar-refractivity contribution in [3.05, 3.63) is 77.8 Å². The molecule has 1 saturated heterocycles. The molecule has 0 spiro atoms. The predicted octanol–water partition coefficient (Wildman–Crippen LogP) is 7.29. The lowest BCUT2D eigenvalue weighted by Gasteiger charge is -2.32. The molecular formula is C30H26F3N3O4. The lowest BCUT2D eigenvalue weighted by molar-refractivity contribution is -0.274. The summed E-state index contributed by atoms with van der Waals surface area (Å²) in [6, 6.07) is 13.5. The van der Waals surface area contributed by atoms with E-state index in [9.17, 15) is 23.1 Å². The van der Waals surface area contributed by atoms with Crippen LogP contribution >= 0.6 is 0 Å². The molecule has 0 unspecified atom stereocenters. The highest BCUT2D eigenvalue weighted by atomic mass is 19.4. The van der Waals surface area contributed by atoms with Crippen molar-refractivity contribution >= 4 is 28.5 Å². The molecule has 2 aromatic heterocycles. The number of piperidine rings is 1. The molecule has 7 nitrogen and oxygen atoms in total. The van der Waals surface area contributed by atoms with Crippen molar-refractivity contribution in [3.8, 4) is 17.0 Å². The van der Waals surface area contributed by atoms with Crippen LogP contribution in [0.2, 0.25) is 0 Å². The summed E-state index contributed by atoms with van der Waals surface area (Å²) in [5.41, 5.74) is 2.36. The summed E-state index contributed by atoms with van der Waals surface area (Å²) < 4.78 is 49.0. The molecule has 0 atom stereocenters. The minimum atomic E-state index is -4.82. The quantitative estimate of drug-likeness (QED) is 0.259. The number of hydrogen-bond donors (Lipinski definition) is 1. The number of alkyl halides is 3. The van der Waals surface area contributed by atoms with Crippen molar-refractivity contribution in [2.75, 3.05) is 18.0 Å². The molecule has 0 bridgehead atoms. The van der Waals surface area contributed by atoms with E-state index in [1.165, 1.54) is 18.3 Å². The number of fused-ring (bicyclic) bond motifs is 1. The predicted molar refractivity (Wildman–Crippen MR) is 143 cm³/mol.